The zero-order chi connectivity index (χ0) is 18.3. The second kappa shape index (κ2) is 6.78. The van der Waals surface area contributed by atoms with Gasteiger partial charge in [-0.05, 0) is 35.2 Å². The van der Waals surface area contributed by atoms with Gasteiger partial charge in [-0.1, -0.05) is 41.9 Å². The van der Waals surface area contributed by atoms with E-state index >= 15 is 0 Å². The fourth-order valence-electron chi connectivity index (χ4n) is 3.18. The minimum atomic E-state index is -0.500. The number of anilines is 1. The summed E-state index contributed by atoms with van der Waals surface area (Å²) in [7, 11) is 0. The standard InChI is InChI=1S/C19H14ClFN2O2S/c20-15-7-2-1-4-12(15)11-22-16-8-9-26-17(16)18(24)23(19(22)25)14-6-3-5-13(21)10-14/h1-10,16-17H,11H2. The van der Waals surface area contributed by atoms with Gasteiger partial charge in [0, 0.05) is 11.6 Å². The van der Waals surface area contributed by atoms with E-state index in [1.54, 1.807) is 17.0 Å². The van der Waals surface area contributed by atoms with Crippen molar-refractivity contribution in [2.45, 2.75) is 17.8 Å². The molecule has 2 heterocycles. The first-order valence-electron chi connectivity index (χ1n) is 8.02. The molecule has 2 aromatic rings. The largest absolute Gasteiger partial charge is 0.332 e. The van der Waals surface area contributed by atoms with Crippen molar-refractivity contribution in [3.05, 3.63) is 76.4 Å². The van der Waals surface area contributed by atoms with E-state index in [0.29, 0.717) is 5.02 Å². The number of nitrogens with zero attached hydrogens (tertiary/aromatic N) is 2. The van der Waals surface area contributed by atoms with Crippen LogP contribution in [0.1, 0.15) is 5.56 Å². The van der Waals surface area contributed by atoms with Crippen LogP contribution in [0.25, 0.3) is 0 Å². The number of hydrogen-bond donors (Lipinski definition) is 0. The van der Waals surface area contributed by atoms with Crippen LogP contribution in [0, 0.1) is 5.82 Å². The van der Waals surface area contributed by atoms with Crippen LogP contribution in [0.4, 0.5) is 14.9 Å². The molecule has 132 valence electrons. The van der Waals surface area contributed by atoms with Crippen molar-refractivity contribution < 1.29 is 14.0 Å². The SMILES string of the molecule is O=C1C2SC=CC2N(Cc2ccccc2Cl)C(=O)N1c1cccc(F)c1. The molecule has 2 atom stereocenters. The molecule has 2 aliphatic rings. The molecule has 1 saturated heterocycles. The summed E-state index contributed by atoms with van der Waals surface area (Å²) in [5, 5.41) is 1.94. The number of imide groups is 1. The Labute approximate surface area is 159 Å². The molecule has 1 fully saturated rings. The Hall–Kier alpha value is -2.31. The molecular weight excluding hydrogens is 375 g/mol. The molecular formula is C19H14ClFN2O2S. The Kier molecular flexibility index (Phi) is 4.46. The van der Waals surface area contributed by atoms with Gasteiger partial charge in [0.2, 0.25) is 0 Å². The first-order valence-corrected chi connectivity index (χ1v) is 9.34. The van der Waals surface area contributed by atoms with Gasteiger partial charge in [0.15, 0.2) is 0 Å². The van der Waals surface area contributed by atoms with Crippen LogP contribution in [0.15, 0.2) is 60.0 Å². The van der Waals surface area contributed by atoms with Gasteiger partial charge >= 0.3 is 6.03 Å². The minimum Gasteiger partial charge on any atom is -0.311 e. The molecule has 0 radical (unpaired) electrons. The molecule has 0 spiro atoms. The van der Waals surface area contributed by atoms with E-state index in [1.807, 2.05) is 29.7 Å². The van der Waals surface area contributed by atoms with Crippen LogP contribution < -0.4 is 4.90 Å². The van der Waals surface area contributed by atoms with Gasteiger partial charge in [0.1, 0.15) is 11.1 Å². The third kappa shape index (κ3) is 2.89. The Bertz CT molecular complexity index is 920. The fourth-order valence-corrected chi connectivity index (χ4v) is 4.41. The fraction of sp³-hybridized carbons (Fsp3) is 0.158. The maximum atomic E-state index is 13.6. The van der Waals surface area contributed by atoms with Crippen molar-refractivity contribution >= 4 is 41.0 Å². The van der Waals surface area contributed by atoms with Gasteiger partial charge in [0.05, 0.1) is 11.7 Å². The van der Waals surface area contributed by atoms with Crippen molar-refractivity contribution in [3.63, 3.8) is 0 Å². The highest BCUT2D eigenvalue weighted by Gasteiger charge is 2.47. The number of thioether (sulfide) groups is 1. The highest BCUT2D eigenvalue weighted by atomic mass is 35.5. The second-order valence-electron chi connectivity index (χ2n) is 6.03. The molecule has 4 rings (SSSR count). The lowest BCUT2D eigenvalue weighted by Crippen LogP contribution is -2.61. The lowest BCUT2D eigenvalue weighted by molar-refractivity contribution is -0.119. The molecule has 0 N–H and O–H groups in total. The molecule has 0 aromatic heterocycles. The number of hydrogen-bond acceptors (Lipinski definition) is 3. The number of rotatable bonds is 3. The van der Waals surface area contributed by atoms with E-state index in [9.17, 15) is 14.0 Å². The zero-order valence-electron chi connectivity index (χ0n) is 13.5. The third-order valence-electron chi connectivity index (χ3n) is 4.44. The average molecular weight is 389 g/mol. The summed E-state index contributed by atoms with van der Waals surface area (Å²) in [5.74, 6) is -0.837. The smallest absolute Gasteiger partial charge is 0.311 e. The molecule has 26 heavy (non-hydrogen) atoms. The summed E-state index contributed by atoms with van der Waals surface area (Å²) in [5.41, 5.74) is 1.02. The molecule has 2 aliphatic heterocycles. The highest BCUT2D eigenvalue weighted by Crippen LogP contribution is 2.37. The van der Waals surface area contributed by atoms with Crippen molar-refractivity contribution in [2.24, 2.45) is 0 Å². The number of urea groups is 1. The average Bonchev–Trinajstić information content (AvgIpc) is 3.10. The van der Waals surface area contributed by atoms with E-state index in [2.05, 4.69) is 0 Å². The van der Waals surface area contributed by atoms with Gasteiger partial charge in [-0.2, -0.15) is 0 Å². The summed E-state index contributed by atoms with van der Waals surface area (Å²) >= 11 is 7.61. The van der Waals surface area contributed by atoms with Crippen molar-refractivity contribution in [2.75, 3.05) is 4.90 Å². The molecule has 3 amide bonds. The maximum absolute atomic E-state index is 13.6. The molecule has 7 heteroatoms. The van der Waals surface area contributed by atoms with Crippen LogP contribution >= 0.6 is 23.4 Å². The lowest BCUT2D eigenvalue weighted by Gasteiger charge is -2.41. The van der Waals surface area contributed by atoms with Gasteiger partial charge in [-0.3, -0.25) is 4.79 Å². The Morgan fingerprint density at radius 1 is 1.12 bits per heavy atom. The Morgan fingerprint density at radius 2 is 1.92 bits per heavy atom. The van der Waals surface area contributed by atoms with Gasteiger partial charge < -0.3 is 4.90 Å². The summed E-state index contributed by atoms with van der Waals surface area (Å²) in [6.07, 6.45) is 1.85. The molecule has 0 saturated carbocycles. The van der Waals surface area contributed by atoms with Crippen LogP contribution in [0.5, 0.6) is 0 Å². The number of carbonyl (C=O) groups is 2. The topological polar surface area (TPSA) is 40.6 Å². The molecule has 2 unspecified atom stereocenters. The predicted octanol–water partition coefficient (Wildman–Crippen LogP) is 4.45. The van der Waals surface area contributed by atoms with Crippen LogP contribution in [0.3, 0.4) is 0 Å². The third-order valence-corrected chi connectivity index (χ3v) is 5.89. The van der Waals surface area contributed by atoms with Gasteiger partial charge in [-0.15, -0.1) is 11.8 Å². The van der Waals surface area contributed by atoms with Crippen molar-refractivity contribution in [1.82, 2.24) is 4.90 Å². The van der Waals surface area contributed by atoms with Crippen LogP contribution in [-0.4, -0.2) is 28.1 Å². The number of benzene rings is 2. The maximum Gasteiger partial charge on any atom is 0.332 e. The van der Waals surface area contributed by atoms with Crippen molar-refractivity contribution in [3.8, 4) is 0 Å². The monoisotopic (exact) mass is 388 g/mol. The summed E-state index contributed by atoms with van der Waals surface area (Å²) < 4.78 is 13.6. The number of carbonyl (C=O) groups excluding carboxylic acids is 2. The second-order valence-corrected chi connectivity index (χ2v) is 7.49. The van der Waals surface area contributed by atoms with E-state index in [4.69, 9.17) is 11.6 Å². The number of amides is 3. The molecule has 0 aliphatic carbocycles. The van der Waals surface area contributed by atoms with Gasteiger partial charge in [0.25, 0.3) is 5.91 Å². The van der Waals surface area contributed by atoms with Gasteiger partial charge in [-0.25, -0.2) is 14.1 Å². The predicted molar refractivity (Wildman–Crippen MR) is 101 cm³/mol. The summed E-state index contributed by atoms with van der Waals surface area (Å²) in [6, 6.07) is 12.0. The van der Waals surface area contributed by atoms with Crippen LogP contribution in [0.2, 0.25) is 5.02 Å². The Balaban J connectivity index is 1.73. The number of halogens is 2. The molecule has 0 bridgehead atoms. The quantitative estimate of drug-likeness (QED) is 0.780. The zero-order valence-corrected chi connectivity index (χ0v) is 15.1. The molecule has 4 nitrogen and oxygen atoms in total. The Morgan fingerprint density at radius 3 is 2.69 bits per heavy atom. The van der Waals surface area contributed by atoms with Crippen molar-refractivity contribution in [1.29, 1.82) is 0 Å². The normalized spacial score (nSPS) is 22.1. The lowest BCUT2D eigenvalue weighted by atomic mass is 10.1. The minimum absolute atomic E-state index is 0.232. The van der Waals surface area contributed by atoms with Crippen LogP contribution in [-0.2, 0) is 11.3 Å². The van der Waals surface area contributed by atoms with E-state index in [1.165, 1.54) is 30.0 Å². The highest BCUT2D eigenvalue weighted by molar-refractivity contribution is 8.03. The summed E-state index contributed by atoms with van der Waals surface area (Å²) in [4.78, 5) is 28.7. The van der Waals surface area contributed by atoms with E-state index in [-0.39, 0.29) is 24.2 Å². The van der Waals surface area contributed by atoms with E-state index in [0.717, 1.165) is 10.5 Å². The number of fused-ring (bicyclic) bond motifs is 1. The van der Waals surface area contributed by atoms with E-state index < -0.39 is 17.1 Å². The first kappa shape index (κ1) is 17.1. The molecule has 2 aromatic carbocycles. The first-order chi connectivity index (χ1) is 12.6. The summed E-state index contributed by atoms with van der Waals surface area (Å²) in [6.45, 7) is 0.268.